The van der Waals surface area contributed by atoms with Gasteiger partial charge >= 0.3 is 0 Å². The van der Waals surface area contributed by atoms with E-state index in [4.69, 9.17) is 20.9 Å². The maximum Gasteiger partial charge on any atom is 0.237 e. The van der Waals surface area contributed by atoms with Crippen molar-refractivity contribution < 1.29 is 14.3 Å². The first-order chi connectivity index (χ1) is 7.08. The van der Waals surface area contributed by atoms with Crippen molar-refractivity contribution in [3.63, 3.8) is 0 Å². The Hall–Kier alpha value is -0.650. The molecule has 2 unspecified atom stereocenters. The number of primary amides is 1. The van der Waals surface area contributed by atoms with E-state index in [1.54, 1.807) is 0 Å². The fourth-order valence-electron chi connectivity index (χ4n) is 1.81. The number of nitrogens with two attached hydrogens (primary N) is 2. The first-order valence-electron chi connectivity index (χ1n) is 5.36. The zero-order chi connectivity index (χ0) is 11.3. The van der Waals surface area contributed by atoms with Crippen molar-refractivity contribution in [3.05, 3.63) is 0 Å². The van der Waals surface area contributed by atoms with Crippen LogP contribution in [0, 0.1) is 0 Å². The van der Waals surface area contributed by atoms with E-state index in [0.717, 1.165) is 6.42 Å². The third-order valence-corrected chi connectivity index (χ3v) is 2.78. The van der Waals surface area contributed by atoms with Crippen LogP contribution in [0.15, 0.2) is 0 Å². The quantitative estimate of drug-likeness (QED) is 0.601. The van der Waals surface area contributed by atoms with Crippen molar-refractivity contribution >= 4 is 5.91 Å². The molecule has 1 amide bonds. The summed E-state index contributed by atoms with van der Waals surface area (Å²) in [5.74, 6) is -0.432. The lowest BCUT2D eigenvalue weighted by molar-refractivity contribution is -0.123. The van der Waals surface area contributed by atoms with Gasteiger partial charge in [-0.25, -0.2) is 0 Å². The topological polar surface area (TPSA) is 87.6 Å². The fourth-order valence-corrected chi connectivity index (χ4v) is 1.81. The molecule has 0 radical (unpaired) electrons. The minimum absolute atomic E-state index is 0.0444. The largest absolute Gasteiger partial charge is 0.379 e. The summed E-state index contributed by atoms with van der Waals surface area (Å²) in [6.07, 6.45) is 1.98. The predicted molar refractivity (Wildman–Crippen MR) is 56.2 cm³/mol. The van der Waals surface area contributed by atoms with E-state index < -0.39 is 11.4 Å². The minimum atomic E-state index is -0.865. The third kappa shape index (κ3) is 3.44. The predicted octanol–water partition coefficient (Wildman–Crippen LogP) is -0.225. The van der Waals surface area contributed by atoms with Crippen LogP contribution < -0.4 is 11.5 Å². The average Bonchev–Trinajstić information content (AvgIpc) is 2.57. The van der Waals surface area contributed by atoms with Crippen LogP contribution in [0.3, 0.4) is 0 Å². The van der Waals surface area contributed by atoms with E-state index in [0.29, 0.717) is 32.7 Å². The zero-order valence-electron chi connectivity index (χ0n) is 9.20. The molecule has 15 heavy (non-hydrogen) atoms. The molecule has 5 heteroatoms. The summed E-state index contributed by atoms with van der Waals surface area (Å²) in [6, 6.07) is 0. The molecule has 88 valence electrons. The lowest BCUT2D eigenvalue weighted by Crippen LogP contribution is -2.50. The molecule has 0 spiro atoms. The second-order valence-electron chi connectivity index (χ2n) is 3.95. The SMILES string of the molecule is CCOCCOC1CCC(N)(C(N)=O)C1. The highest BCUT2D eigenvalue weighted by atomic mass is 16.5. The highest BCUT2D eigenvalue weighted by Crippen LogP contribution is 2.29. The number of hydrogen-bond donors (Lipinski definition) is 2. The zero-order valence-corrected chi connectivity index (χ0v) is 9.20. The Morgan fingerprint density at radius 2 is 2.27 bits per heavy atom. The molecule has 1 fully saturated rings. The molecular weight excluding hydrogens is 196 g/mol. The number of hydrogen-bond acceptors (Lipinski definition) is 4. The van der Waals surface area contributed by atoms with E-state index in [1.807, 2.05) is 6.92 Å². The Morgan fingerprint density at radius 1 is 1.53 bits per heavy atom. The molecular formula is C10H20N2O3. The van der Waals surface area contributed by atoms with Crippen LogP contribution in [-0.4, -0.2) is 37.4 Å². The van der Waals surface area contributed by atoms with E-state index in [2.05, 4.69) is 0 Å². The molecule has 1 aliphatic carbocycles. The lowest BCUT2D eigenvalue weighted by Gasteiger charge is -2.19. The normalized spacial score (nSPS) is 30.7. The summed E-state index contributed by atoms with van der Waals surface area (Å²) in [7, 11) is 0. The highest BCUT2D eigenvalue weighted by Gasteiger charge is 2.40. The van der Waals surface area contributed by atoms with Crippen LogP contribution in [0.1, 0.15) is 26.2 Å². The Morgan fingerprint density at radius 3 is 2.80 bits per heavy atom. The van der Waals surface area contributed by atoms with Gasteiger partial charge in [0.05, 0.1) is 24.9 Å². The molecule has 0 bridgehead atoms. The van der Waals surface area contributed by atoms with Gasteiger partial charge in [-0.3, -0.25) is 4.79 Å². The molecule has 0 aromatic carbocycles. The van der Waals surface area contributed by atoms with Crippen LogP contribution in [0.5, 0.6) is 0 Å². The summed E-state index contributed by atoms with van der Waals surface area (Å²) >= 11 is 0. The molecule has 4 N–H and O–H groups in total. The second-order valence-corrected chi connectivity index (χ2v) is 3.95. The van der Waals surface area contributed by atoms with E-state index in [1.165, 1.54) is 0 Å². The lowest BCUT2D eigenvalue weighted by atomic mass is 9.99. The van der Waals surface area contributed by atoms with E-state index in [-0.39, 0.29) is 6.10 Å². The molecule has 0 aromatic rings. The van der Waals surface area contributed by atoms with Crippen molar-refractivity contribution in [3.8, 4) is 0 Å². The van der Waals surface area contributed by atoms with Gasteiger partial charge in [0.1, 0.15) is 0 Å². The monoisotopic (exact) mass is 216 g/mol. The van der Waals surface area contributed by atoms with Crippen molar-refractivity contribution in [1.82, 2.24) is 0 Å². The smallest absolute Gasteiger partial charge is 0.237 e. The molecule has 1 rings (SSSR count). The Kier molecular flexibility index (Phi) is 4.50. The van der Waals surface area contributed by atoms with Crippen LogP contribution in [0.2, 0.25) is 0 Å². The van der Waals surface area contributed by atoms with Crippen molar-refractivity contribution in [1.29, 1.82) is 0 Å². The highest BCUT2D eigenvalue weighted by molar-refractivity contribution is 5.84. The first-order valence-corrected chi connectivity index (χ1v) is 5.36. The Labute approximate surface area is 90.1 Å². The van der Waals surface area contributed by atoms with Gasteiger partial charge in [0.15, 0.2) is 0 Å². The van der Waals surface area contributed by atoms with Gasteiger partial charge in [0.25, 0.3) is 0 Å². The van der Waals surface area contributed by atoms with Gasteiger partial charge < -0.3 is 20.9 Å². The van der Waals surface area contributed by atoms with Crippen LogP contribution in [0.4, 0.5) is 0 Å². The first kappa shape index (κ1) is 12.4. The Bertz CT molecular complexity index is 223. The van der Waals surface area contributed by atoms with Gasteiger partial charge in [-0.15, -0.1) is 0 Å². The van der Waals surface area contributed by atoms with E-state index >= 15 is 0 Å². The third-order valence-electron chi connectivity index (χ3n) is 2.78. The van der Waals surface area contributed by atoms with Crippen LogP contribution in [-0.2, 0) is 14.3 Å². The second kappa shape index (κ2) is 5.44. The van der Waals surface area contributed by atoms with Crippen molar-refractivity contribution in [2.45, 2.75) is 37.8 Å². The Balaban J connectivity index is 2.22. The summed E-state index contributed by atoms with van der Waals surface area (Å²) in [6.45, 7) is 3.76. The number of ether oxygens (including phenoxy) is 2. The number of carbonyl (C=O) groups is 1. The molecule has 0 aromatic heterocycles. The molecule has 5 nitrogen and oxygen atoms in total. The standard InChI is InChI=1S/C10H20N2O3/c1-2-14-5-6-15-8-3-4-10(12,7-8)9(11)13/h8H,2-7,12H2,1H3,(H2,11,13). The summed E-state index contributed by atoms with van der Waals surface area (Å²) in [4.78, 5) is 11.1. The van der Waals surface area contributed by atoms with Crippen LogP contribution in [0.25, 0.3) is 0 Å². The molecule has 0 heterocycles. The molecule has 0 aliphatic heterocycles. The maximum atomic E-state index is 11.1. The number of carbonyl (C=O) groups excluding carboxylic acids is 1. The van der Waals surface area contributed by atoms with Gasteiger partial charge in [-0.2, -0.15) is 0 Å². The number of amides is 1. The fraction of sp³-hybridized carbons (Fsp3) is 0.900. The van der Waals surface area contributed by atoms with Gasteiger partial charge in [-0.05, 0) is 19.8 Å². The number of rotatable bonds is 6. The molecule has 1 aliphatic rings. The van der Waals surface area contributed by atoms with E-state index in [9.17, 15) is 4.79 Å². The molecule has 2 atom stereocenters. The summed E-state index contributed by atoms with van der Waals surface area (Å²) in [5, 5.41) is 0. The van der Waals surface area contributed by atoms with Gasteiger partial charge in [0, 0.05) is 13.0 Å². The summed E-state index contributed by atoms with van der Waals surface area (Å²) in [5.41, 5.74) is 10.2. The van der Waals surface area contributed by atoms with Gasteiger partial charge in [0.2, 0.25) is 5.91 Å². The maximum absolute atomic E-state index is 11.1. The molecule has 1 saturated carbocycles. The van der Waals surface area contributed by atoms with Gasteiger partial charge in [-0.1, -0.05) is 0 Å². The molecule has 0 saturated heterocycles. The van der Waals surface area contributed by atoms with Crippen molar-refractivity contribution in [2.24, 2.45) is 11.5 Å². The average molecular weight is 216 g/mol. The van der Waals surface area contributed by atoms with Crippen LogP contribution >= 0.6 is 0 Å². The summed E-state index contributed by atoms with van der Waals surface area (Å²) < 4.78 is 10.7. The minimum Gasteiger partial charge on any atom is -0.379 e. The van der Waals surface area contributed by atoms with Crippen molar-refractivity contribution in [2.75, 3.05) is 19.8 Å².